The highest BCUT2D eigenvalue weighted by molar-refractivity contribution is 6.79. The van der Waals surface area contributed by atoms with Crippen LogP contribution in [0.5, 0.6) is 0 Å². The van der Waals surface area contributed by atoms with Gasteiger partial charge in [0.25, 0.3) is 5.65 Å². The summed E-state index contributed by atoms with van der Waals surface area (Å²) in [5.41, 5.74) is 1.90. The summed E-state index contributed by atoms with van der Waals surface area (Å²) in [5.74, 6) is 0.903. The first-order chi connectivity index (χ1) is 6.97. The standard InChI is InChI=1S/C9H15N5Si/c1-14-6-12-8(13-15(2,3)4)7-9(14)11-5-10-7/h5-6H,1-4H3,(H,10,11,13)/p+1. The molecule has 2 N–H and O–H groups in total. The number of fused-ring (bicyclic) bond motifs is 1. The van der Waals surface area contributed by atoms with Crippen LogP contribution in [-0.4, -0.2) is 23.2 Å². The molecule has 0 amide bonds. The van der Waals surface area contributed by atoms with E-state index in [0.717, 1.165) is 17.0 Å². The summed E-state index contributed by atoms with van der Waals surface area (Å²) in [6.07, 6.45) is 3.48. The van der Waals surface area contributed by atoms with E-state index in [4.69, 9.17) is 0 Å². The quantitative estimate of drug-likeness (QED) is 0.589. The highest BCUT2D eigenvalue weighted by Gasteiger charge is 2.20. The maximum Gasteiger partial charge on any atom is 0.293 e. The zero-order chi connectivity index (χ0) is 11.1. The first kappa shape index (κ1) is 10.1. The minimum atomic E-state index is -1.38. The van der Waals surface area contributed by atoms with Crippen LogP contribution in [0.2, 0.25) is 19.6 Å². The summed E-state index contributed by atoms with van der Waals surface area (Å²) in [6.45, 7) is 6.72. The molecule has 2 heterocycles. The summed E-state index contributed by atoms with van der Waals surface area (Å²) in [4.78, 5) is 15.2. The fourth-order valence-corrected chi connectivity index (χ4v) is 2.34. The van der Waals surface area contributed by atoms with Crippen molar-refractivity contribution in [3.63, 3.8) is 0 Å². The molecule has 6 heteroatoms. The summed E-state index contributed by atoms with van der Waals surface area (Å²) >= 11 is 0. The fourth-order valence-electron chi connectivity index (χ4n) is 1.44. The van der Waals surface area contributed by atoms with E-state index in [1.807, 2.05) is 11.6 Å². The average molecular weight is 222 g/mol. The molecule has 2 aromatic heterocycles. The Kier molecular flexibility index (Phi) is 2.22. The molecule has 0 fully saturated rings. The molecule has 5 nitrogen and oxygen atoms in total. The Morgan fingerprint density at radius 2 is 2.07 bits per heavy atom. The number of hydrogen-bond acceptors (Lipinski definition) is 3. The van der Waals surface area contributed by atoms with Crippen LogP contribution < -0.4 is 9.55 Å². The second kappa shape index (κ2) is 3.30. The van der Waals surface area contributed by atoms with Crippen molar-refractivity contribution in [1.82, 2.24) is 15.0 Å². The Bertz CT molecular complexity index is 485. The van der Waals surface area contributed by atoms with Gasteiger partial charge in [-0.05, 0) is 0 Å². The second-order valence-electron chi connectivity index (χ2n) is 4.68. The Morgan fingerprint density at radius 1 is 1.33 bits per heavy atom. The van der Waals surface area contributed by atoms with Gasteiger partial charge in [-0.15, -0.1) is 0 Å². The van der Waals surface area contributed by atoms with Crippen molar-refractivity contribution >= 4 is 25.2 Å². The lowest BCUT2D eigenvalue weighted by atomic mass is 10.5. The van der Waals surface area contributed by atoms with E-state index in [2.05, 4.69) is 39.6 Å². The third-order valence-electron chi connectivity index (χ3n) is 2.04. The molecule has 2 aromatic rings. The van der Waals surface area contributed by atoms with Gasteiger partial charge in [0.1, 0.15) is 8.24 Å². The number of imidazole rings is 1. The molecule has 0 bridgehead atoms. The predicted octanol–water partition coefficient (Wildman–Crippen LogP) is 1.03. The molecule has 0 saturated heterocycles. The van der Waals surface area contributed by atoms with E-state index in [9.17, 15) is 0 Å². The number of anilines is 1. The van der Waals surface area contributed by atoms with Crippen molar-refractivity contribution in [3.8, 4) is 0 Å². The summed E-state index contributed by atoms with van der Waals surface area (Å²) in [6, 6.07) is 0. The van der Waals surface area contributed by atoms with E-state index >= 15 is 0 Å². The molecule has 0 aromatic carbocycles. The van der Waals surface area contributed by atoms with E-state index in [0.29, 0.717) is 0 Å². The van der Waals surface area contributed by atoms with Crippen molar-refractivity contribution in [3.05, 3.63) is 12.7 Å². The monoisotopic (exact) mass is 222 g/mol. The van der Waals surface area contributed by atoms with Crippen molar-refractivity contribution in [2.45, 2.75) is 19.6 Å². The van der Waals surface area contributed by atoms with Crippen LogP contribution in [0.25, 0.3) is 11.2 Å². The summed E-state index contributed by atoms with van der Waals surface area (Å²) in [5, 5.41) is 0. The lowest BCUT2D eigenvalue weighted by molar-refractivity contribution is -0.649. The topological polar surface area (TPSA) is 57.5 Å². The molecule has 0 spiro atoms. The number of nitrogens with one attached hydrogen (secondary N) is 2. The molecule has 0 aliphatic rings. The Labute approximate surface area is 89.7 Å². The molecular weight excluding hydrogens is 206 g/mol. The first-order valence-corrected chi connectivity index (χ1v) is 8.43. The fraction of sp³-hybridized carbons (Fsp3) is 0.444. The smallest absolute Gasteiger partial charge is 0.293 e. The molecule has 0 radical (unpaired) electrons. The average Bonchev–Trinajstić information content (AvgIpc) is 2.57. The highest BCUT2D eigenvalue weighted by Crippen LogP contribution is 2.16. The van der Waals surface area contributed by atoms with Crippen molar-refractivity contribution in [2.75, 3.05) is 4.98 Å². The maximum atomic E-state index is 4.38. The molecular formula is C9H16N5Si+. The number of H-pyrrole nitrogens is 1. The molecule has 0 aliphatic carbocycles. The lowest BCUT2D eigenvalue weighted by Crippen LogP contribution is -2.35. The van der Waals surface area contributed by atoms with Crippen molar-refractivity contribution < 1.29 is 4.57 Å². The van der Waals surface area contributed by atoms with Crippen LogP contribution >= 0.6 is 0 Å². The zero-order valence-corrected chi connectivity index (χ0v) is 10.5. The summed E-state index contributed by atoms with van der Waals surface area (Å²) in [7, 11) is 0.563. The van der Waals surface area contributed by atoms with Gasteiger partial charge < -0.3 is 9.97 Å². The van der Waals surface area contributed by atoms with Crippen LogP contribution in [-0.2, 0) is 7.05 Å². The predicted molar refractivity (Wildman–Crippen MR) is 62.0 cm³/mol. The van der Waals surface area contributed by atoms with Gasteiger partial charge in [0, 0.05) is 0 Å². The zero-order valence-electron chi connectivity index (χ0n) is 9.50. The summed E-state index contributed by atoms with van der Waals surface area (Å²) < 4.78 is 1.90. The van der Waals surface area contributed by atoms with Crippen molar-refractivity contribution in [2.24, 2.45) is 7.05 Å². The van der Waals surface area contributed by atoms with Crippen molar-refractivity contribution in [1.29, 1.82) is 0 Å². The lowest BCUT2D eigenvalue weighted by Gasteiger charge is -2.16. The number of aryl methyl sites for hydroxylation is 1. The van der Waals surface area contributed by atoms with Gasteiger partial charge in [-0.25, -0.2) is 4.57 Å². The van der Waals surface area contributed by atoms with Gasteiger partial charge in [-0.1, -0.05) is 29.6 Å². The Hall–Kier alpha value is -1.43. The van der Waals surface area contributed by atoms with Gasteiger partial charge in [0.05, 0.1) is 7.05 Å². The molecule has 80 valence electrons. The van der Waals surface area contributed by atoms with E-state index in [-0.39, 0.29) is 0 Å². The second-order valence-corrected chi connectivity index (χ2v) is 9.43. The third kappa shape index (κ3) is 1.99. The molecule has 2 rings (SSSR count). The van der Waals surface area contributed by atoms with E-state index in [1.165, 1.54) is 0 Å². The third-order valence-corrected chi connectivity index (χ3v) is 3.03. The number of hydrogen-bond donors (Lipinski definition) is 2. The molecule has 0 saturated carbocycles. The highest BCUT2D eigenvalue weighted by atomic mass is 28.3. The van der Waals surface area contributed by atoms with Crippen LogP contribution in [0.3, 0.4) is 0 Å². The molecule has 0 atom stereocenters. The van der Waals surface area contributed by atoms with Gasteiger partial charge in [-0.3, -0.25) is 0 Å². The Balaban J connectivity index is 2.53. The van der Waals surface area contributed by atoms with E-state index < -0.39 is 8.24 Å². The largest absolute Gasteiger partial charge is 0.381 e. The van der Waals surface area contributed by atoms with Gasteiger partial charge in [0.2, 0.25) is 12.1 Å². The SMILES string of the molecule is C[n+]1cnc(N[Si](C)(C)C)c2[nH]cnc21. The van der Waals surface area contributed by atoms with Gasteiger partial charge in [0.15, 0.2) is 11.8 Å². The van der Waals surface area contributed by atoms with Crippen LogP contribution in [0, 0.1) is 0 Å². The van der Waals surface area contributed by atoms with Crippen LogP contribution in [0.1, 0.15) is 0 Å². The van der Waals surface area contributed by atoms with Crippen LogP contribution in [0.4, 0.5) is 5.82 Å². The molecule has 0 unspecified atom stereocenters. The van der Waals surface area contributed by atoms with E-state index in [1.54, 1.807) is 12.7 Å². The van der Waals surface area contributed by atoms with Gasteiger partial charge in [-0.2, -0.15) is 0 Å². The maximum absolute atomic E-state index is 4.38. The normalized spacial score (nSPS) is 12.0. The minimum absolute atomic E-state index is 0.903. The molecule has 15 heavy (non-hydrogen) atoms. The number of aromatic nitrogens is 4. The van der Waals surface area contributed by atoms with Gasteiger partial charge >= 0.3 is 0 Å². The number of aromatic amines is 1. The molecule has 0 aliphatic heterocycles. The first-order valence-electron chi connectivity index (χ1n) is 4.93. The van der Waals surface area contributed by atoms with Crippen LogP contribution in [0.15, 0.2) is 12.7 Å². The number of nitrogens with zero attached hydrogens (tertiary/aromatic N) is 3. The number of rotatable bonds is 2. The minimum Gasteiger partial charge on any atom is -0.381 e. The Morgan fingerprint density at radius 3 is 2.73 bits per heavy atom.